The Kier molecular flexibility index (Phi) is 3.46. The zero-order valence-electron chi connectivity index (χ0n) is 8.58. The first-order valence-corrected chi connectivity index (χ1v) is 5.57. The highest BCUT2D eigenvalue weighted by Crippen LogP contribution is 2.28. The first kappa shape index (κ1) is 12.1. The lowest BCUT2D eigenvalue weighted by Gasteiger charge is -2.06. The lowest BCUT2D eigenvalue weighted by atomic mass is 10.0. The number of hydrogen-bond acceptors (Lipinski definition) is 1. The first-order valence-electron chi connectivity index (χ1n) is 4.81. The summed E-state index contributed by atoms with van der Waals surface area (Å²) in [5.41, 5.74) is 1.55. The Balaban J connectivity index is 2.63. The van der Waals surface area contributed by atoms with E-state index >= 15 is 0 Å². The predicted octanol–water partition coefficient (Wildman–Crippen LogP) is 4.61. The van der Waals surface area contributed by atoms with Crippen molar-refractivity contribution in [3.8, 4) is 11.1 Å². The lowest BCUT2D eigenvalue weighted by molar-refractivity contribution is 0.112. The van der Waals surface area contributed by atoms with Crippen molar-refractivity contribution >= 4 is 29.5 Å². The molecule has 0 radical (unpaired) electrons. The van der Waals surface area contributed by atoms with Crippen LogP contribution in [-0.2, 0) is 0 Å². The van der Waals surface area contributed by atoms with Crippen LogP contribution in [0.3, 0.4) is 0 Å². The van der Waals surface area contributed by atoms with Crippen molar-refractivity contribution in [3.63, 3.8) is 0 Å². The van der Waals surface area contributed by atoms with E-state index in [9.17, 15) is 9.18 Å². The normalized spacial score (nSPS) is 10.3. The van der Waals surface area contributed by atoms with Gasteiger partial charge in [-0.2, -0.15) is 0 Å². The monoisotopic (exact) mass is 268 g/mol. The van der Waals surface area contributed by atoms with E-state index in [4.69, 9.17) is 23.2 Å². The molecule has 0 saturated carbocycles. The van der Waals surface area contributed by atoms with Crippen LogP contribution in [0.2, 0.25) is 10.0 Å². The summed E-state index contributed by atoms with van der Waals surface area (Å²) in [6, 6.07) is 8.97. The zero-order valence-corrected chi connectivity index (χ0v) is 10.1. The molecule has 0 amide bonds. The summed E-state index contributed by atoms with van der Waals surface area (Å²) >= 11 is 11.6. The van der Waals surface area contributed by atoms with Crippen LogP contribution in [0, 0.1) is 5.82 Å². The molecule has 0 aliphatic rings. The largest absolute Gasteiger partial charge is 0.298 e. The number of carbonyl (C=O) groups is 1. The van der Waals surface area contributed by atoms with Crippen molar-refractivity contribution < 1.29 is 9.18 Å². The molecule has 2 aromatic carbocycles. The van der Waals surface area contributed by atoms with Crippen LogP contribution in [0.15, 0.2) is 36.4 Å². The van der Waals surface area contributed by atoms with Crippen LogP contribution >= 0.6 is 23.2 Å². The second kappa shape index (κ2) is 4.86. The Hall–Kier alpha value is -1.38. The summed E-state index contributed by atoms with van der Waals surface area (Å²) in [4.78, 5) is 10.9. The van der Waals surface area contributed by atoms with Gasteiger partial charge in [0.25, 0.3) is 0 Å². The van der Waals surface area contributed by atoms with E-state index in [0.717, 1.165) is 0 Å². The van der Waals surface area contributed by atoms with Gasteiger partial charge in [-0.05, 0) is 41.5 Å². The third-order valence-electron chi connectivity index (χ3n) is 2.31. The average Bonchev–Trinajstić information content (AvgIpc) is 2.27. The van der Waals surface area contributed by atoms with Gasteiger partial charge in [-0.15, -0.1) is 0 Å². The van der Waals surface area contributed by atoms with Crippen molar-refractivity contribution in [2.75, 3.05) is 0 Å². The van der Waals surface area contributed by atoms with E-state index in [1.54, 1.807) is 18.2 Å². The molecule has 17 heavy (non-hydrogen) atoms. The Bertz CT molecular complexity index is 561. The fraction of sp³-hybridized carbons (Fsp3) is 0. The van der Waals surface area contributed by atoms with E-state index in [1.807, 2.05) is 0 Å². The molecule has 0 bridgehead atoms. The summed E-state index contributed by atoms with van der Waals surface area (Å²) in [6.07, 6.45) is 0.681. The van der Waals surface area contributed by atoms with Crippen LogP contribution < -0.4 is 0 Å². The van der Waals surface area contributed by atoms with Crippen molar-refractivity contribution in [2.45, 2.75) is 0 Å². The summed E-state index contributed by atoms with van der Waals surface area (Å²) in [7, 11) is 0. The second-order valence-corrected chi connectivity index (χ2v) is 4.38. The fourth-order valence-corrected chi connectivity index (χ4v) is 2.01. The molecule has 2 rings (SSSR count). The molecule has 0 spiro atoms. The Morgan fingerprint density at radius 1 is 1.00 bits per heavy atom. The summed E-state index contributed by atoms with van der Waals surface area (Å²) in [6.45, 7) is 0. The predicted molar refractivity (Wildman–Crippen MR) is 67.2 cm³/mol. The molecule has 1 nitrogen and oxygen atoms in total. The zero-order chi connectivity index (χ0) is 12.4. The SMILES string of the molecule is O=Cc1cc(Cl)ccc1-c1cc(F)cc(Cl)c1. The highest BCUT2D eigenvalue weighted by Gasteiger charge is 2.07. The number of benzene rings is 2. The van der Waals surface area contributed by atoms with E-state index in [2.05, 4.69) is 0 Å². The topological polar surface area (TPSA) is 17.1 Å². The molecule has 0 atom stereocenters. The number of rotatable bonds is 2. The molecule has 0 aliphatic carbocycles. The molecule has 2 aromatic rings. The minimum atomic E-state index is -0.445. The first-order chi connectivity index (χ1) is 8.10. The van der Waals surface area contributed by atoms with Gasteiger partial charge in [0.1, 0.15) is 5.82 Å². The van der Waals surface area contributed by atoms with Gasteiger partial charge in [-0.25, -0.2) is 4.39 Å². The molecule has 4 heteroatoms. The minimum absolute atomic E-state index is 0.284. The standard InChI is InChI=1S/C13H7Cl2FO/c14-10-1-2-13(9(4-10)7-17)8-3-11(15)6-12(16)5-8/h1-7H. The highest BCUT2D eigenvalue weighted by molar-refractivity contribution is 6.31. The molecular formula is C13H7Cl2FO. The Morgan fingerprint density at radius 3 is 2.41 bits per heavy atom. The van der Waals surface area contributed by atoms with Gasteiger partial charge in [0.05, 0.1) is 0 Å². The van der Waals surface area contributed by atoms with Crippen molar-refractivity contribution in [3.05, 3.63) is 57.8 Å². The van der Waals surface area contributed by atoms with Gasteiger partial charge < -0.3 is 0 Å². The third-order valence-corrected chi connectivity index (χ3v) is 2.77. The Labute approximate surface area is 108 Å². The van der Waals surface area contributed by atoms with E-state index < -0.39 is 5.82 Å². The molecule has 0 N–H and O–H groups in total. The van der Waals surface area contributed by atoms with Crippen LogP contribution in [0.4, 0.5) is 4.39 Å². The number of aldehydes is 1. The van der Waals surface area contributed by atoms with Crippen LogP contribution in [0.5, 0.6) is 0 Å². The number of hydrogen-bond donors (Lipinski definition) is 0. The molecule has 0 aromatic heterocycles. The third kappa shape index (κ3) is 2.65. The van der Waals surface area contributed by atoms with E-state index in [-0.39, 0.29) is 5.02 Å². The van der Waals surface area contributed by atoms with Gasteiger partial charge in [0.15, 0.2) is 6.29 Å². The van der Waals surface area contributed by atoms with Gasteiger partial charge in [0, 0.05) is 15.6 Å². The fourth-order valence-electron chi connectivity index (χ4n) is 1.60. The maximum atomic E-state index is 13.2. The van der Waals surface area contributed by atoms with Crippen LogP contribution in [-0.4, -0.2) is 6.29 Å². The van der Waals surface area contributed by atoms with Gasteiger partial charge in [-0.3, -0.25) is 4.79 Å². The van der Waals surface area contributed by atoms with E-state index in [0.29, 0.717) is 28.0 Å². The quantitative estimate of drug-likeness (QED) is 0.727. The molecule has 0 heterocycles. The number of halogens is 3. The maximum absolute atomic E-state index is 13.2. The van der Waals surface area contributed by atoms with Gasteiger partial charge in [0.2, 0.25) is 0 Å². The Morgan fingerprint density at radius 2 is 1.76 bits per heavy atom. The van der Waals surface area contributed by atoms with Crippen LogP contribution in [0.25, 0.3) is 11.1 Å². The summed E-state index contributed by atoms with van der Waals surface area (Å²) < 4.78 is 13.2. The van der Waals surface area contributed by atoms with E-state index in [1.165, 1.54) is 18.2 Å². The van der Waals surface area contributed by atoms with Crippen LogP contribution in [0.1, 0.15) is 10.4 Å². The minimum Gasteiger partial charge on any atom is -0.298 e. The molecule has 86 valence electrons. The molecule has 0 saturated heterocycles. The molecule has 0 unspecified atom stereocenters. The van der Waals surface area contributed by atoms with Crippen molar-refractivity contribution in [2.24, 2.45) is 0 Å². The van der Waals surface area contributed by atoms with Crippen molar-refractivity contribution in [1.82, 2.24) is 0 Å². The lowest BCUT2D eigenvalue weighted by Crippen LogP contribution is -1.88. The van der Waals surface area contributed by atoms with Crippen molar-refractivity contribution in [1.29, 1.82) is 0 Å². The number of carbonyl (C=O) groups excluding carboxylic acids is 1. The molecule has 0 fully saturated rings. The summed E-state index contributed by atoms with van der Waals surface area (Å²) in [5, 5.41) is 0.741. The second-order valence-electron chi connectivity index (χ2n) is 3.51. The maximum Gasteiger partial charge on any atom is 0.150 e. The van der Waals surface area contributed by atoms with Gasteiger partial charge in [-0.1, -0.05) is 29.3 Å². The van der Waals surface area contributed by atoms with Gasteiger partial charge >= 0.3 is 0 Å². The highest BCUT2D eigenvalue weighted by atomic mass is 35.5. The average molecular weight is 269 g/mol. The molecular weight excluding hydrogens is 262 g/mol. The smallest absolute Gasteiger partial charge is 0.150 e. The molecule has 0 aliphatic heterocycles. The summed E-state index contributed by atoms with van der Waals surface area (Å²) in [5.74, 6) is -0.445.